The number of hydrogen-bond donors (Lipinski definition) is 1. The van der Waals surface area contributed by atoms with Crippen LogP contribution in [-0.4, -0.2) is 14.7 Å². The van der Waals surface area contributed by atoms with Crippen LogP contribution < -0.4 is 5.32 Å². The monoisotopic (exact) mass is 325 g/mol. The molecule has 94 valence electrons. The van der Waals surface area contributed by atoms with Crippen LogP contribution in [0.25, 0.3) is 0 Å². The Balaban J connectivity index is 2.32. The molecule has 0 aliphatic rings. The van der Waals surface area contributed by atoms with E-state index in [9.17, 15) is 8.42 Å². The van der Waals surface area contributed by atoms with Crippen LogP contribution in [-0.2, 0) is 9.84 Å². The lowest BCUT2D eigenvalue weighted by Crippen LogP contribution is -1.98. The van der Waals surface area contributed by atoms with E-state index in [2.05, 4.69) is 21.2 Å². The van der Waals surface area contributed by atoms with E-state index in [0.29, 0.717) is 9.37 Å². The third-order valence-electron chi connectivity index (χ3n) is 2.42. The highest BCUT2D eigenvalue weighted by Gasteiger charge is 2.09. The Labute approximate surface area is 115 Å². The molecule has 0 aliphatic heterocycles. The number of sulfone groups is 1. The zero-order valence-corrected chi connectivity index (χ0v) is 12.1. The van der Waals surface area contributed by atoms with Gasteiger partial charge in [0.2, 0.25) is 0 Å². The summed E-state index contributed by atoms with van der Waals surface area (Å²) in [6.07, 6.45) is 1.19. The third-order valence-corrected chi connectivity index (χ3v) is 4.19. The number of halogens is 1. The molecule has 0 amide bonds. The van der Waals surface area contributed by atoms with Crippen molar-refractivity contribution in [1.82, 2.24) is 0 Å². The number of rotatable bonds is 3. The minimum atomic E-state index is -3.17. The lowest BCUT2D eigenvalue weighted by atomic mass is 10.3. The van der Waals surface area contributed by atoms with Gasteiger partial charge in [0, 0.05) is 16.4 Å². The van der Waals surface area contributed by atoms with Gasteiger partial charge >= 0.3 is 0 Å². The summed E-state index contributed by atoms with van der Waals surface area (Å²) in [4.78, 5) is 0.299. The topological polar surface area (TPSA) is 46.2 Å². The Bertz CT molecular complexity index is 654. The molecule has 0 aromatic heterocycles. The molecule has 3 nitrogen and oxygen atoms in total. The van der Waals surface area contributed by atoms with Crippen molar-refractivity contribution >= 4 is 37.1 Å². The maximum absolute atomic E-state index is 11.4. The molecule has 5 heteroatoms. The predicted molar refractivity (Wildman–Crippen MR) is 77.0 cm³/mol. The van der Waals surface area contributed by atoms with Gasteiger partial charge in [-0.2, -0.15) is 0 Å². The van der Waals surface area contributed by atoms with Crippen LogP contribution in [0.3, 0.4) is 0 Å². The van der Waals surface area contributed by atoms with E-state index in [0.717, 1.165) is 11.4 Å². The molecule has 2 rings (SSSR count). The van der Waals surface area contributed by atoms with Gasteiger partial charge in [-0.05, 0) is 46.3 Å². The smallest absolute Gasteiger partial charge is 0.175 e. The maximum atomic E-state index is 11.4. The summed E-state index contributed by atoms with van der Waals surface area (Å²) in [5, 5.41) is 3.21. The van der Waals surface area contributed by atoms with Crippen LogP contribution in [0.5, 0.6) is 0 Å². The van der Waals surface area contributed by atoms with E-state index in [1.807, 2.05) is 30.3 Å². The van der Waals surface area contributed by atoms with Gasteiger partial charge < -0.3 is 5.32 Å². The fourth-order valence-corrected chi connectivity index (χ4v) is 2.78. The first-order chi connectivity index (χ1) is 8.47. The molecule has 0 fully saturated rings. The normalized spacial score (nSPS) is 11.2. The maximum Gasteiger partial charge on any atom is 0.175 e. The van der Waals surface area contributed by atoms with Gasteiger partial charge in [0.1, 0.15) is 0 Å². The lowest BCUT2D eigenvalue weighted by molar-refractivity contribution is 0.602. The number of benzene rings is 2. The molecule has 0 saturated carbocycles. The molecule has 0 unspecified atom stereocenters. The van der Waals surface area contributed by atoms with E-state index in [1.54, 1.807) is 18.2 Å². The number of hydrogen-bond acceptors (Lipinski definition) is 3. The Kier molecular flexibility index (Phi) is 3.73. The van der Waals surface area contributed by atoms with Gasteiger partial charge in [-0.15, -0.1) is 0 Å². The van der Waals surface area contributed by atoms with E-state index >= 15 is 0 Å². The fourth-order valence-electron chi connectivity index (χ4n) is 1.50. The fraction of sp³-hybridized carbons (Fsp3) is 0.0769. The van der Waals surface area contributed by atoms with E-state index in [1.165, 1.54) is 6.26 Å². The van der Waals surface area contributed by atoms with Crippen LogP contribution in [0, 0.1) is 0 Å². The molecule has 18 heavy (non-hydrogen) atoms. The third kappa shape index (κ3) is 3.11. The lowest BCUT2D eigenvalue weighted by Gasteiger charge is -2.09. The second-order valence-corrected chi connectivity index (χ2v) is 6.77. The molecule has 0 spiro atoms. The van der Waals surface area contributed by atoms with Gasteiger partial charge in [-0.25, -0.2) is 8.42 Å². The van der Waals surface area contributed by atoms with Crippen molar-refractivity contribution < 1.29 is 8.42 Å². The summed E-state index contributed by atoms with van der Waals surface area (Å²) in [5.74, 6) is 0. The molecule has 1 N–H and O–H groups in total. The number of para-hydroxylation sites is 1. The molecule has 2 aromatic carbocycles. The largest absolute Gasteiger partial charge is 0.355 e. The molecule has 0 radical (unpaired) electrons. The first-order valence-electron chi connectivity index (χ1n) is 5.28. The average Bonchev–Trinajstić information content (AvgIpc) is 2.32. The minimum absolute atomic E-state index is 0.299. The van der Waals surface area contributed by atoms with Gasteiger partial charge in [-0.1, -0.05) is 18.2 Å². The van der Waals surface area contributed by atoms with Crippen LogP contribution in [0.1, 0.15) is 0 Å². The molecule has 0 bridgehead atoms. The summed E-state index contributed by atoms with van der Waals surface area (Å²) in [5.41, 5.74) is 1.78. The Morgan fingerprint density at radius 1 is 1.06 bits per heavy atom. The van der Waals surface area contributed by atoms with Crippen LogP contribution in [0.2, 0.25) is 0 Å². The summed E-state index contributed by atoms with van der Waals surface area (Å²) in [7, 11) is -3.17. The molecular formula is C13H12BrNO2S. The number of nitrogens with one attached hydrogen (secondary N) is 1. The van der Waals surface area contributed by atoms with Crippen molar-refractivity contribution in [3.05, 3.63) is 53.0 Å². The van der Waals surface area contributed by atoms with Crippen LogP contribution in [0.15, 0.2) is 57.9 Å². The predicted octanol–water partition coefficient (Wildman–Crippen LogP) is 3.60. The number of anilines is 2. The van der Waals surface area contributed by atoms with Crippen molar-refractivity contribution in [2.45, 2.75) is 4.90 Å². The summed E-state index contributed by atoms with van der Waals surface area (Å²) in [6, 6.07) is 14.6. The SMILES string of the molecule is CS(=O)(=O)c1ccc(Nc2ccccc2)c(Br)c1. The van der Waals surface area contributed by atoms with Gasteiger partial charge in [0.15, 0.2) is 9.84 Å². The molecule has 0 heterocycles. The van der Waals surface area contributed by atoms with Crippen molar-refractivity contribution in [1.29, 1.82) is 0 Å². The first kappa shape index (κ1) is 13.1. The minimum Gasteiger partial charge on any atom is -0.355 e. The highest BCUT2D eigenvalue weighted by molar-refractivity contribution is 9.10. The van der Waals surface area contributed by atoms with Gasteiger partial charge in [-0.3, -0.25) is 0 Å². The summed E-state index contributed by atoms with van der Waals surface area (Å²) >= 11 is 3.37. The quantitative estimate of drug-likeness (QED) is 0.937. The zero-order chi connectivity index (χ0) is 13.2. The molecule has 0 atom stereocenters. The second kappa shape index (κ2) is 5.12. The van der Waals surface area contributed by atoms with Gasteiger partial charge in [0.25, 0.3) is 0 Å². The highest BCUT2D eigenvalue weighted by atomic mass is 79.9. The Morgan fingerprint density at radius 2 is 1.72 bits per heavy atom. The second-order valence-electron chi connectivity index (χ2n) is 3.90. The van der Waals surface area contributed by atoms with Crippen molar-refractivity contribution in [3.8, 4) is 0 Å². The zero-order valence-electron chi connectivity index (χ0n) is 9.72. The Morgan fingerprint density at radius 3 is 2.28 bits per heavy atom. The highest BCUT2D eigenvalue weighted by Crippen LogP contribution is 2.28. The first-order valence-corrected chi connectivity index (χ1v) is 7.97. The average molecular weight is 326 g/mol. The van der Waals surface area contributed by atoms with Crippen molar-refractivity contribution in [3.63, 3.8) is 0 Å². The van der Waals surface area contributed by atoms with E-state index < -0.39 is 9.84 Å². The van der Waals surface area contributed by atoms with Crippen molar-refractivity contribution in [2.24, 2.45) is 0 Å². The molecule has 2 aromatic rings. The molecule has 0 aliphatic carbocycles. The van der Waals surface area contributed by atoms with Crippen molar-refractivity contribution in [2.75, 3.05) is 11.6 Å². The summed E-state index contributed by atoms with van der Waals surface area (Å²) < 4.78 is 23.5. The Hall–Kier alpha value is -1.33. The standard InChI is InChI=1S/C13H12BrNO2S/c1-18(16,17)11-7-8-13(12(14)9-11)15-10-5-3-2-4-6-10/h2-9,15H,1H3. The molecular weight excluding hydrogens is 314 g/mol. The van der Waals surface area contributed by atoms with Crippen LogP contribution in [0.4, 0.5) is 11.4 Å². The molecule has 0 saturated heterocycles. The van der Waals surface area contributed by atoms with E-state index in [4.69, 9.17) is 0 Å². The summed E-state index contributed by atoms with van der Waals surface area (Å²) in [6.45, 7) is 0. The van der Waals surface area contributed by atoms with Crippen LogP contribution >= 0.6 is 15.9 Å². The van der Waals surface area contributed by atoms with E-state index in [-0.39, 0.29) is 0 Å². The van der Waals surface area contributed by atoms with Gasteiger partial charge in [0.05, 0.1) is 10.6 Å².